The summed E-state index contributed by atoms with van der Waals surface area (Å²) in [5.41, 5.74) is -1.25. The minimum atomic E-state index is -1.25. The lowest BCUT2D eigenvalue weighted by Gasteiger charge is -2.26. The predicted octanol–water partition coefficient (Wildman–Crippen LogP) is 2.09. The van der Waals surface area contributed by atoms with Gasteiger partial charge < -0.3 is 15.2 Å². The second-order valence-electron chi connectivity index (χ2n) is 4.84. The maximum absolute atomic E-state index is 12.1. The molecular weight excluding hydrogens is 294 g/mol. The Balaban J connectivity index is 2.76. The molecule has 0 fully saturated rings. The Labute approximate surface area is 128 Å². The van der Waals surface area contributed by atoms with Gasteiger partial charge in [-0.15, -0.1) is 12.3 Å². The number of carbonyl (C=O) groups excluding carboxylic acids is 1. The monoisotopic (exact) mass is 309 g/mol. The Kier molecular flexibility index (Phi) is 5.62. The minimum Gasteiger partial charge on any atom is -0.480 e. The van der Waals surface area contributed by atoms with Crippen LogP contribution in [-0.4, -0.2) is 28.6 Å². The molecule has 0 radical (unpaired) electrons. The Hall–Kier alpha value is -2.19. The lowest BCUT2D eigenvalue weighted by molar-refractivity contribution is -0.144. The predicted molar refractivity (Wildman–Crippen MR) is 79.2 cm³/mol. The second kappa shape index (κ2) is 7.00. The number of ether oxygens (including phenoxy) is 1. The third-order valence-corrected chi connectivity index (χ3v) is 2.91. The number of nitrogens with one attached hydrogen (secondary N) is 1. The molecule has 0 saturated carbocycles. The Morgan fingerprint density at radius 1 is 1.43 bits per heavy atom. The first kappa shape index (κ1) is 16.9. The van der Waals surface area contributed by atoms with Crippen molar-refractivity contribution in [1.82, 2.24) is 5.32 Å². The molecule has 1 unspecified atom stereocenters. The van der Waals surface area contributed by atoms with E-state index in [0.29, 0.717) is 10.8 Å². The summed E-state index contributed by atoms with van der Waals surface area (Å²) in [6.45, 7) is 3.07. The largest absolute Gasteiger partial charge is 0.480 e. The molecule has 2 N–H and O–H groups in total. The molecule has 0 aliphatic rings. The number of carboxylic acid groups (broad SMARTS) is 1. The van der Waals surface area contributed by atoms with Gasteiger partial charge in [0.05, 0.1) is 0 Å². The van der Waals surface area contributed by atoms with E-state index in [1.165, 1.54) is 13.8 Å². The van der Waals surface area contributed by atoms with Crippen LogP contribution >= 0.6 is 11.6 Å². The zero-order valence-corrected chi connectivity index (χ0v) is 12.5. The summed E-state index contributed by atoms with van der Waals surface area (Å²) in [5, 5.41) is 11.9. The van der Waals surface area contributed by atoms with E-state index >= 15 is 0 Å². The fraction of sp³-hybridized carbons (Fsp3) is 0.333. The Morgan fingerprint density at radius 2 is 2.00 bits per heavy atom. The van der Waals surface area contributed by atoms with Gasteiger partial charge in [0.25, 0.3) is 5.91 Å². The summed E-state index contributed by atoms with van der Waals surface area (Å²) in [5.74, 6) is 0.898. The van der Waals surface area contributed by atoms with Crippen molar-refractivity contribution in [3.63, 3.8) is 0 Å². The van der Waals surface area contributed by atoms with E-state index in [1.807, 2.05) is 0 Å². The van der Waals surface area contributed by atoms with Crippen LogP contribution in [0.25, 0.3) is 0 Å². The highest BCUT2D eigenvalue weighted by molar-refractivity contribution is 6.30. The Bertz CT molecular complexity index is 560. The molecule has 5 nitrogen and oxygen atoms in total. The van der Waals surface area contributed by atoms with Gasteiger partial charge in [0.2, 0.25) is 0 Å². The molecule has 21 heavy (non-hydrogen) atoms. The summed E-state index contributed by atoms with van der Waals surface area (Å²) in [7, 11) is 0. The fourth-order valence-electron chi connectivity index (χ4n) is 1.49. The third kappa shape index (κ3) is 5.01. The van der Waals surface area contributed by atoms with E-state index in [9.17, 15) is 9.59 Å². The molecule has 0 aliphatic carbocycles. The lowest BCUT2D eigenvalue weighted by atomic mass is 10.1. The van der Waals surface area contributed by atoms with Crippen LogP contribution in [0.3, 0.4) is 0 Å². The number of benzene rings is 1. The van der Waals surface area contributed by atoms with Crippen LogP contribution in [0, 0.1) is 12.3 Å². The molecule has 0 heterocycles. The van der Waals surface area contributed by atoms with Crippen molar-refractivity contribution in [2.24, 2.45) is 0 Å². The molecule has 0 saturated heterocycles. The number of carbonyl (C=O) groups is 2. The lowest BCUT2D eigenvalue weighted by Crippen LogP contribution is -2.52. The quantitative estimate of drug-likeness (QED) is 0.789. The van der Waals surface area contributed by atoms with Crippen LogP contribution < -0.4 is 10.1 Å². The van der Waals surface area contributed by atoms with E-state index in [0.717, 1.165) is 0 Å². The SMILES string of the molecule is C#CCC(NC(=O)C(C)(C)Oc1ccc(Cl)cc1)C(=O)O. The van der Waals surface area contributed by atoms with Crippen molar-refractivity contribution in [3.05, 3.63) is 29.3 Å². The van der Waals surface area contributed by atoms with Crippen molar-refractivity contribution < 1.29 is 19.4 Å². The number of amides is 1. The standard InChI is InChI=1S/C15H16ClNO4/c1-4-5-12(13(18)19)17-14(20)15(2,3)21-11-8-6-10(16)7-9-11/h1,6-9,12H,5H2,2-3H3,(H,17,20)(H,18,19). The normalized spacial score (nSPS) is 12.1. The van der Waals surface area contributed by atoms with E-state index in [4.69, 9.17) is 27.9 Å². The number of terminal acetylenes is 1. The van der Waals surface area contributed by atoms with Crippen molar-refractivity contribution in [3.8, 4) is 18.1 Å². The zero-order chi connectivity index (χ0) is 16.0. The minimum absolute atomic E-state index is 0.0991. The van der Waals surface area contributed by atoms with Crippen LogP contribution in [0.4, 0.5) is 0 Å². The van der Waals surface area contributed by atoms with Crippen molar-refractivity contribution in [2.75, 3.05) is 0 Å². The molecule has 0 bridgehead atoms. The molecule has 0 aromatic heterocycles. The van der Waals surface area contributed by atoms with Gasteiger partial charge in [-0.25, -0.2) is 4.79 Å². The smallest absolute Gasteiger partial charge is 0.327 e. The summed E-state index contributed by atoms with van der Waals surface area (Å²) in [6, 6.07) is 5.35. The van der Waals surface area contributed by atoms with Gasteiger partial charge in [0.1, 0.15) is 11.8 Å². The third-order valence-electron chi connectivity index (χ3n) is 2.66. The van der Waals surface area contributed by atoms with Crippen LogP contribution in [0.15, 0.2) is 24.3 Å². The van der Waals surface area contributed by atoms with Crippen molar-refractivity contribution >= 4 is 23.5 Å². The molecule has 1 aromatic carbocycles. The zero-order valence-electron chi connectivity index (χ0n) is 11.7. The number of halogens is 1. The highest BCUT2D eigenvalue weighted by Crippen LogP contribution is 2.21. The first-order valence-electron chi connectivity index (χ1n) is 6.18. The van der Waals surface area contributed by atoms with Crippen molar-refractivity contribution in [2.45, 2.75) is 31.9 Å². The van der Waals surface area contributed by atoms with E-state index in [2.05, 4.69) is 11.2 Å². The van der Waals surface area contributed by atoms with Gasteiger partial charge in [-0.1, -0.05) is 11.6 Å². The summed E-state index contributed by atoms with van der Waals surface area (Å²) >= 11 is 5.77. The van der Waals surface area contributed by atoms with Gasteiger partial charge in [-0.2, -0.15) is 0 Å². The van der Waals surface area contributed by atoms with E-state index in [-0.39, 0.29) is 6.42 Å². The van der Waals surface area contributed by atoms with Gasteiger partial charge >= 0.3 is 5.97 Å². The number of rotatable bonds is 6. The number of hydrogen-bond donors (Lipinski definition) is 2. The average molecular weight is 310 g/mol. The van der Waals surface area contributed by atoms with Crippen LogP contribution in [0.1, 0.15) is 20.3 Å². The fourth-order valence-corrected chi connectivity index (χ4v) is 1.62. The molecule has 1 atom stereocenters. The molecule has 1 amide bonds. The molecule has 112 valence electrons. The molecule has 1 rings (SSSR count). The van der Waals surface area contributed by atoms with Crippen LogP contribution in [-0.2, 0) is 9.59 Å². The number of carboxylic acids is 1. The van der Waals surface area contributed by atoms with E-state index in [1.54, 1.807) is 24.3 Å². The average Bonchev–Trinajstić information content (AvgIpc) is 2.40. The number of aliphatic carboxylic acids is 1. The Morgan fingerprint density at radius 3 is 2.48 bits per heavy atom. The summed E-state index contributed by atoms with van der Waals surface area (Å²) in [6.07, 6.45) is 4.98. The molecule has 0 spiro atoms. The second-order valence-corrected chi connectivity index (χ2v) is 5.28. The maximum atomic E-state index is 12.1. The first-order chi connectivity index (χ1) is 9.76. The first-order valence-corrected chi connectivity index (χ1v) is 6.56. The number of hydrogen-bond acceptors (Lipinski definition) is 3. The molecule has 6 heteroatoms. The molecule has 1 aromatic rings. The van der Waals surface area contributed by atoms with Crippen molar-refractivity contribution in [1.29, 1.82) is 0 Å². The van der Waals surface area contributed by atoms with E-state index < -0.39 is 23.5 Å². The van der Waals surface area contributed by atoms with Gasteiger partial charge in [-0.05, 0) is 38.1 Å². The maximum Gasteiger partial charge on any atom is 0.327 e. The topological polar surface area (TPSA) is 75.6 Å². The summed E-state index contributed by atoms with van der Waals surface area (Å²) < 4.78 is 5.56. The van der Waals surface area contributed by atoms with Crippen LogP contribution in [0.2, 0.25) is 5.02 Å². The van der Waals surface area contributed by atoms with Gasteiger partial charge in [0.15, 0.2) is 5.60 Å². The van der Waals surface area contributed by atoms with Gasteiger partial charge in [-0.3, -0.25) is 4.79 Å². The highest BCUT2D eigenvalue weighted by atomic mass is 35.5. The summed E-state index contributed by atoms with van der Waals surface area (Å²) in [4.78, 5) is 23.1. The highest BCUT2D eigenvalue weighted by Gasteiger charge is 2.33. The molecular formula is C15H16ClNO4. The molecule has 0 aliphatic heterocycles. The van der Waals surface area contributed by atoms with Gasteiger partial charge in [0, 0.05) is 11.4 Å². The van der Waals surface area contributed by atoms with Crippen LogP contribution in [0.5, 0.6) is 5.75 Å².